The molecule has 2 atom stereocenters. The Hall–Kier alpha value is -0.160. The fraction of sp³-hybridized carbons (Fsp3) is 1.00. The second-order valence-electron chi connectivity index (χ2n) is 4.48. The molecule has 0 aliphatic carbocycles. The molecule has 0 amide bonds. The number of ether oxygens (including phenoxy) is 1. The van der Waals surface area contributed by atoms with Crippen molar-refractivity contribution in [1.82, 2.24) is 10.2 Å². The third kappa shape index (κ3) is 2.91. The third-order valence-electron chi connectivity index (χ3n) is 3.61. The lowest BCUT2D eigenvalue weighted by atomic mass is 9.94. The van der Waals surface area contributed by atoms with Crippen LogP contribution in [0.3, 0.4) is 0 Å². The lowest BCUT2D eigenvalue weighted by Crippen LogP contribution is -2.57. The minimum Gasteiger partial charge on any atom is -0.394 e. The molecule has 1 aliphatic rings. The van der Waals surface area contributed by atoms with Crippen molar-refractivity contribution in [2.24, 2.45) is 0 Å². The highest BCUT2D eigenvalue weighted by Crippen LogP contribution is 2.22. The molecule has 1 heterocycles. The highest BCUT2D eigenvalue weighted by molar-refractivity contribution is 4.92. The number of aliphatic hydroxyl groups excluding tert-OH is 1. The first kappa shape index (κ1) is 12.9. The molecule has 4 nitrogen and oxygen atoms in total. The zero-order valence-electron chi connectivity index (χ0n) is 10.1. The van der Waals surface area contributed by atoms with Crippen LogP contribution in [0.5, 0.6) is 0 Å². The van der Waals surface area contributed by atoms with Crippen LogP contribution in [0.1, 0.15) is 20.3 Å². The summed E-state index contributed by atoms with van der Waals surface area (Å²) < 4.78 is 5.38. The van der Waals surface area contributed by atoms with Gasteiger partial charge in [0, 0.05) is 26.7 Å². The van der Waals surface area contributed by atoms with Crippen LogP contribution >= 0.6 is 0 Å². The van der Waals surface area contributed by atoms with Crippen molar-refractivity contribution in [2.75, 3.05) is 39.9 Å². The molecule has 0 radical (unpaired) electrons. The van der Waals surface area contributed by atoms with Gasteiger partial charge in [0.05, 0.1) is 18.2 Å². The smallest absolute Gasteiger partial charge is 0.0746 e. The van der Waals surface area contributed by atoms with Gasteiger partial charge in [0.25, 0.3) is 0 Å². The molecule has 0 spiro atoms. The molecule has 15 heavy (non-hydrogen) atoms. The zero-order chi connectivity index (χ0) is 11.3. The van der Waals surface area contributed by atoms with Gasteiger partial charge in [-0.15, -0.1) is 0 Å². The monoisotopic (exact) mass is 216 g/mol. The molecule has 0 saturated carbocycles. The van der Waals surface area contributed by atoms with E-state index in [1.165, 1.54) is 0 Å². The highest BCUT2D eigenvalue weighted by atomic mass is 16.5. The summed E-state index contributed by atoms with van der Waals surface area (Å²) in [5.74, 6) is 0. The van der Waals surface area contributed by atoms with E-state index in [-0.39, 0.29) is 18.2 Å². The molecule has 0 bridgehead atoms. The van der Waals surface area contributed by atoms with Crippen molar-refractivity contribution >= 4 is 0 Å². The van der Waals surface area contributed by atoms with Crippen molar-refractivity contribution in [3.8, 4) is 0 Å². The van der Waals surface area contributed by atoms with Crippen LogP contribution < -0.4 is 5.32 Å². The zero-order valence-corrected chi connectivity index (χ0v) is 10.1. The van der Waals surface area contributed by atoms with Crippen LogP contribution in [0.4, 0.5) is 0 Å². The molecular weight excluding hydrogens is 192 g/mol. The van der Waals surface area contributed by atoms with Crippen LogP contribution in [-0.4, -0.2) is 61.5 Å². The molecule has 1 aliphatic heterocycles. The number of hydrogen-bond donors (Lipinski definition) is 2. The average molecular weight is 216 g/mol. The molecule has 0 aromatic heterocycles. The Morgan fingerprint density at radius 2 is 2.20 bits per heavy atom. The maximum absolute atomic E-state index is 9.59. The van der Waals surface area contributed by atoms with E-state index in [2.05, 4.69) is 17.1 Å². The van der Waals surface area contributed by atoms with E-state index in [9.17, 15) is 5.11 Å². The van der Waals surface area contributed by atoms with E-state index < -0.39 is 0 Å². The Morgan fingerprint density at radius 3 is 2.80 bits per heavy atom. The van der Waals surface area contributed by atoms with Crippen LogP contribution in [0, 0.1) is 0 Å². The van der Waals surface area contributed by atoms with Crippen LogP contribution in [0.2, 0.25) is 0 Å². The summed E-state index contributed by atoms with van der Waals surface area (Å²) in [6.45, 7) is 8.30. The van der Waals surface area contributed by atoms with Gasteiger partial charge in [0.15, 0.2) is 0 Å². The second kappa shape index (κ2) is 5.80. The van der Waals surface area contributed by atoms with Crippen molar-refractivity contribution in [1.29, 1.82) is 0 Å². The van der Waals surface area contributed by atoms with Gasteiger partial charge in [-0.05, 0) is 26.8 Å². The number of methoxy groups -OCH3 is 1. The molecule has 1 saturated heterocycles. The van der Waals surface area contributed by atoms with Crippen molar-refractivity contribution in [3.63, 3.8) is 0 Å². The minimum atomic E-state index is -0.263. The number of nitrogens with one attached hydrogen (secondary N) is 1. The van der Waals surface area contributed by atoms with Gasteiger partial charge >= 0.3 is 0 Å². The SMILES string of the molecule is COC(C)C(C)(CO)N1CCCNCC1. The Labute approximate surface area is 92.6 Å². The van der Waals surface area contributed by atoms with Crippen LogP contribution in [-0.2, 0) is 4.74 Å². The summed E-state index contributed by atoms with van der Waals surface area (Å²) in [5, 5.41) is 13.0. The molecular formula is C11H24N2O2. The topological polar surface area (TPSA) is 44.7 Å². The molecule has 4 heteroatoms. The fourth-order valence-corrected chi connectivity index (χ4v) is 2.10. The number of nitrogens with zero attached hydrogens (tertiary/aromatic N) is 1. The standard InChI is InChI=1S/C11H24N2O2/c1-10(15-3)11(2,9-14)13-7-4-5-12-6-8-13/h10,12,14H,4-9H2,1-3H3. The third-order valence-corrected chi connectivity index (χ3v) is 3.61. The Bertz CT molecular complexity index is 181. The first-order valence-electron chi connectivity index (χ1n) is 5.74. The van der Waals surface area contributed by atoms with Crippen molar-refractivity contribution in [2.45, 2.75) is 31.9 Å². The van der Waals surface area contributed by atoms with E-state index in [1.54, 1.807) is 7.11 Å². The first-order valence-corrected chi connectivity index (χ1v) is 5.74. The summed E-state index contributed by atoms with van der Waals surface area (Å²) in [5.41, 5.74) is -0.263. The predicted molar refractivity (Wildman–Crippen MR) is 61.0 cm³/mol. The van der Waals surface area contributed by atoms with Gasteiger partial charge in [-0.3, -0.25) is 4.90 Å². The molecule has 90 valence electrons. The van der Waals surface area contributed by atoms with Crippen molar-refractivity contribution < 1.29 is 9.84 Å². The number of aliphatic hydroxyl groups is 1. The molecule has 0 aromatic carbocycles. The number of hydrogen-bond acceptors (Lipinski definition) is 4. The van der Waals surface area contributed by atoms with E-state index in [4.69, 9.17) is 4.74 Å². The van der Waals surface area contributed by atoms with E-state index in [0.717, 1.165) is 32.6 Å². The summed E-state index contributed by atoms with van der Waals surface area (Å²) in [6.07, 6.45) is 1.17. The second-order valence-corrected chi connectivity index (χ2v) is 4.48. The summed E-state index contributed by atoms with van der Waals surface area (Å²) in [4.78, 5) is 2.33. The lowest BCUT2D eigenvalue weighted by molar-refractivity contribution is -0.0616. The minimum absolute atomic E-state index is 0.0422. The van der Waals surface area contributed by atoms with Gasteiger partial charge in [-0.1, -0.05) is 0 Å². The lowest BCUT2D eigenvalue weighted by Gasteiger charge is -2.43. The van der Waals surface area contributed by atoms with Crippen LogP contribution in [0.25, 0.3) is 0 Å². The molecule has 2 N–H and O–H groups in total. The van der Waals surface area contributed by atoms with Gasteiger partial charge in [0.2, 0.25) is 0 Å². The van der Waals surface area contributed by atoms with Gasteiger partial charge in [-0.25, -0.2) is 0 Å². The normalized spacial score (nSPS) is 25.6. The molecule has 1 rings (SSSR count). The predicted octanol–water partition coefficient (Wildman–Crippen LogP) is 0.0676. The summed E-state index contributed by atoms with van der Waals surface area (Å²) in [6, 6.07) is 0. The van der Waals surface area contributed by atoms with Crippen molar-refractivity contribution in [3.05, 3.63) is 0 Å². The van der Waals surface area contributed by atoms with Gasteiger partial charge < -0.3 is 15.2 Å². The summed E-state index contributed by atoms with van der Waals surface area (Å²) in [7, 11) is 1.70. The van der Waals surface area contributed by atoms with E-state index >= 15 is 0 Å². The first-order chi connectivity index (χ1) is 7.15. The fourth-order valence-electron chi connectivity index (χ4n) is 2.10. The summed E-state index contributed by atoms with van der Waals surface area (Å²) >= 11 is 0. The molecule has 2 unspecified atom stereocenters. The quantitative estimate of drug-likeness (QED) is 0.698. The maximum atomic E-state index is 9.59. The van der Waals surface area contributed by atoms with E-state index in [0.29, 0.717) is 0 Å². The molecule has 1 fully saturated rings. The average Bonchev–Trinajstić information content (AvgIpc) is 2.55. The number of rotatable bonds is 4. The Morgan fingerprint density at radius 1 is 1.47 bits per heavy atom. The maximum Gasteiger partial charge on any atom is 0.0746 e. The largest absolute Gasteiger partial charge is 0.394 e. The van der Waals surface area contributed by atoms with E-state index in [1.807, 2.05) is 6.92 Å². The highest BCUT2D eigenvalue weighted by Gasteiger charge is 2.37. The van der Waals surface area contributed by atoms with Gasteiger partial charge in [0.1, 0.15) is 0 Å². The molecule has 0 aromatic rings. The Kier molecular flexibility index (Phi) is 4.99. The Balaban J connectivity index is 2.69. The van der Waals surface area contributed by atoms with Crippen LogP contribution in [0.15, 0.2) is 0 Å². The van der Waals surface area contributed by atoms with Gasteiger partial charge in [-0.2, -0.15) is 0 Å².